The van der Waals surface area contributed by atoms with Crippen LogP contribution in [0.15, 0.2) is 69.3 Å². The third-order valence-corrected chi connectivity index (χ3v) is 8.58. The number of rotatable bonds is 6. The predicted molar refractivity (Wildman–Crippen MR) is 136 cm³/mol. The molecule has 1 aliphatic heterocycles. The Hall–Kier alpha value is -2.72. The molecular formula is C23H18Cl2N2O5S2. The smallest absolute Gasteiger partial charge is 0.311 e. The summed E-state index contributed by atoms with van der Waals surface area (Å²) in [6.45, 7) is 0.442. The van der Waals surface area contributed by atoms with Crippen molar-refractivity contribution in [2.45, 2.75) is 15.5 Å². The molecule has 0 spiro atoms. The monoisotopic (exact) mass is 536 g/mol. The van der Waals surface area contributed by atoms with Gasteiger partial charge in [0, 0.05) is 43.7 Å². The van der Waals surface area contributed by atoms with Crippen LogP contribution in [-0.2, 0) is 15.6 Å². The lowest BCUT2D eigenvalue weighted by Gasteiger charge is -2.21. The maximum atomic E-state index is 13.0. The molecule has 0 radical (unpaired) electrons. The van der Waals surface area contributed by atoms with Crippen molar-refractivity contribution in [3.63, 3.8) is 0 Å². The number of nitro benzene ring substituents is 1. The molecule has 34 heavy (non-hydrogen) atoms. The highest BCUT2D eigenvalue weighted by Gasteiger charge is 2.22. The molecule has 0 amide bonds. The minimum atomic E-state index is -3.68. The van der Waals surface area contributed by atoms with E-state index in [9.17, 15) is 18.5 Å². The molecule has 0 saturated carbocycles. The highest BCUT2D eigenvalue weighted by atomic mass is 35.5. The molecule has 176 valence electrons. The summed E-state index contributed by atoms with van der Waals surface area (Å²) in [4.78, 5) is 12.7. The molecule has 0 aromatic heterocycles. The van der Waals surface area contributed by atoms with Crippen LogP contribution in [0.2, 0.25) is 10.0 Å². The van der Waals surface area contributed by atoms with E-state index in [0.29, 0.717) is 33.4 Å². The van der Waals surface area contributed by atoms with Gasteiger partial charge in [0.2, 0.25) is 0 Å². The van der Waals surface area contributed by atoms with E-state index < -0.39 is 14.8 Å². The molecule has 1 aliphatic rings. The second-order valence-electron chi connectivity index (χ2n) is 7.37. The number of nitro groups is 1. The van der Waals surface area contributed by atoms with Gasteiger partial charge < -0.3 is 10.1 Å². The maximum Gasteiger partial charge on any atom is 0.311 e. The standard InChI is InChI=1S/C23H18Cl2N2O5S2/c1-32-22-7-5-14(10-21(22)27(28)29)9-15-12-26-20-11-16(6-8-23(20)33-15)34(30,31)13-17-18(24)3-2-4-19(17)25/h2-11,26H,12-13H2,1H3. The molecule has 0 aliphatic carbocycles. The van der Waals surface area contributed by atoms with E-state index >= 15 is 0 Å². The maximum absolute atomic E-state index is 13.0. The van der Waals surface area contributed by atoms with E-state index in [2.05, 4.69) is 5.32 Å². The van der Waals surface area contributed by atoms with Crippen molar-refractivity contribution in [2.24, 2.45) is 0 Å². The Morgan fingerprint density at radius 3 is 2.56 bits per heavy atom. The Bertz CT molecular complexity index is 1400. The van der Waals surface area contributed by atoms with Crippen LogP contribution in [0.5, 0.6) is 5.75 Å². The fourth-order valence-electron chi connectivity index (χ4n) is 3.44. The van der Waals surface area contributed by atoms with Crippen molar-refractivity contribution in [1.82, 2.24) is 0 Å². The molecule has 0 saturated heterocycles. The zero-order chi connectivity index (χ0) is 24.5. The SMILES string of the molecule is COc1ccc(C=C2CNc3cc(S(=O)(=O)Cc4c(Cl)cccc4Cl)ccc3S2)cc1[N+](=O)[O-]. The van der Waals surface area contributed by atoms with Gasteiger partial charge >= 0.3 is 5.69 Å². The topological polar surface area (TPSA) is 98.5 Å². The van der Waals surface area contributed by atoms with Gasteiger partial charge in [0.05, 0.1) is 22.7 Å². The highest BCUT2D eigenvalue weighted by molar-refractivity contribution is 8.03. The third-order valence-electron chi connectivity index (χ3n) is 5.13. The number of hydrogen-bond donors (Lipinski definition) is 1. The van der Waals surface area contributed by atoms with Crippen LogP contribution in [0, 0.1) is 10.1 Å². The molecule has 0 atom stereocenters. The summed E-state index contributed by atoms with van der Waals surface area (Å²) >= 11 is 13.8. The quantitative estimate of drug-likeness (QED) is 0.285. The van der Waals surface area contributed by atoms with Crippen LogP contribution < -0.4 is 10.1 Å². The van der Waals surface area contributed by atoms with Gasteiger partial charge in [0.15, 0.2) is 15.6 Å². The molecule has 1 heterocycles. The molecule has 3 aromatic rings. The molecular weight excluding hydrogens is 519 g/mol. The number of halogens is 2. The zero-order valence-electron chi connectivity index (χ0n) is 17.7. The van der Waals surface area contributed by atoms with Gasteiger partial charge in [-0.3, -0.25) is 10.1 Å². The highest BCUT2D eigenvalue weighted by Crippen LogP contribution is 2.40. The average Bonchev–Trinajstić information content (AvgIpc) is 2.81. The largest absolute Gasteiger partial charge is 0.490 e. The molecule has 0 bridgehead atoms. The number of methoxy groups -OCH3 is 1. The number of fused-ring (bicyclic) bond motifs is 1. The van der Waals surface area contributed by atoms with Crippen LogP contribution in [-0.4, -0.2) is 27.0 Å². The minimum absolute atomic E-state index is 0.112. The molecule has 3 aromatic carbocycles. The summed E-state index contributed by atoms with van der Waals surface area (Å²) in [5.41, 5.74) is 1.61. The van der Waals surface area contributed by atoms with Gasteiger partial charge in [0.25, 0.3) is 0 Å². The lowest BCUT2D eigenvalue weighted by molar-refractivity contribution is -0.385. The van der Waals surface area contributed by atoms with Crippen LogP contribution >= 0.6 is 35.0 Å². The number of anilines is 1. The Morgan fingerprint density at radius 2 is 1.88 bits per heavy atom. The predicted octanol–water partition coefficient (Wildman–Crippen LogP) is 6.44. The van der Waals surface area contributed by atoms with E-state index in [0.717, 1.165) is 9.80 Å². The summed E-state index contributed by atoms with van der Waals surface area (Å²) in [6.07, 6.45) is 1.84. The molecule has 0 unspecified atom stereocenters. The van der Waals surface area contributed by atoms with Gasteiger partial charge in [-0.05, 0) is 48.0 Å². The summed E-state index contributed by atoms with van der Waals surface area (Å²) in [6, 6.07) is 14.5. The summed E-state index contributed by atoms with van der Waals surface area (Å²) in [5, 5.41) is 15.1. The van der Waals surface area contributed by atoms with Gasteiger partial charge in [-0.1, -0.05) is 47.1 Å². The number of hydrogen-bond acceptors (Lipinski definition) is 7. The van der Waals surface area contributed by atoms with E-state index in [1.807, 2.05) is 6.08 Å². The van der Waals surface area contributed by atoms with Crippen LogP contribution in [0.4, 0.5) is 11.4 Å². The zero-order valence-corrected chi connectivity index (χ0v) is 20.9. The Kier molecular flexibility index (Phi) is 7.09. The normalized spacial score (nSPS) is 14.4. The first-order valence-corrected chi connectivity index (χ1v) is 13.1. The summed E-state index contributed by atoms with van der Waals surface area (Å²) in [7, 11) is -2.30. The average molecular weight is 537 g/mol. The van der Waals surface area contributed by atoms with Gasteiger partial charge in [-0.15, -0.1) is 0 Å². The number of ether oxygens (including phenoxy) is 1. The van der Waals surface area contributed by atoms with Crippen LogP contribution in [0.25, 0.3) is 6.08 Å². The lowest BCUT2D eigenvalue weighted by atomic mass is 10.1. The van der Waals surface area contributed by atoms with Crippen molar-refractivity contribution in [3.05, 3.63) is 90.8 Å². The summed E-state index contributed by atoms with van der Waals surface area (Å²) in [5.74, 6) is -0.113. The van der Waals surface area contributed by atoms with E-state index in [4.69, 9.17) is 27.9 Å². The van der Waals surface area contributed by atoms with Crippen LogP contribution in [0.1, 0.15) is 11.1 Å². The number of nitrogens with zero attached hydrogens (tertiary/aromatic N) is 1. The number of benzene rings is 3. The van der Waals surface area contributed by atoms with E-state index in [-0.39, 0.29) is 22.1 Å². The minimum Gasteiger partial charge on any atom is -0.490 e. The van der Waals surface area contributed by atoms with Gasteiger partial charge in [0.1, 0.15) is 0 Å². The van der Waals surface area contributed by atoms with E-state index in [1.165, 1.54) is 24.9 Å². The number of nitrogens with one attached hydrogen (secondary N) is 1. The third kappa shape index (κ3) is 5.17. The van der Waals surface area contributed by atoms with Crippen molar-refractivity contribution >= 4 is 62.3 Å². The number of thioether (sulfide) groups is 1. The molecule has 0 fully saturated rings. The fourth-order valence-corrected chi connectivity index (χ4v) is 6.56. The lowest BCUT2D eigenvalue weighted by Crippen LogP contribution is -2.11. The van der Waals surface area contributed by atoms with Gasteiger partial charge in [-0.25, -0.2) is 8.42 Å². The molecule has 1 N–H and O–H groups in total. The first kappa shape index (κ1) is 24.4. The second-order valence-corrected chi connectivity index (χ2v) is 11.3. The molecule has 7 nitrogen and oxygen atoms in total. The molecule has 4 rings (SSSR count). The van der Waals surface area contributed by atoms with Crippen molar-refractivity contribution in [1.29, 1.82) is 0 Å². The summed E-state index contributed by atoms with van der Waals surface area (Å²) < 4.78 is 31.1. The first-order chi connectivity index (χ1) is 16.2. The van der Waals surface area contributed by atoms with Gasteiger partial charge in [-0.2, -0.15) is 0 Å². The number of sulfone groups is 1. The molecule has 11 heteroatoms. The van der Waals surface area contributed by atoms with Crippen molar-refractivity contribution in [3.8, 4) is 5.75 Å². The van der Waals surface area contributed by atoms with E-state index in [1.54, 1.807) is 48.5 Å². The van der Waals surface area contributed by atoms with Crippen molar-refractivity contribution in [2.75, 3.05) is 19.0 Å². The Labute approximate surface area is 210 Å². The second kappa shape index (κ2) is 9.87. The first-order valence-electron chi connectivity index (χ1n) is 9.92. The Morgan fingerprint density at radius 1 is 1.15 bits per heavy atom. The fraction of sp³-hybridized carbons (Fsp3) is 0.130. The van der Waals surface area contributed by atoms with Crippen LogP contribution in [0.3, 0.4) is 0 Å². The van der Waals surface area contributed by atoms with Crippen molar-refractivity contribution < 1.29 is 18.1 Å². The Balaban J connectivity index is 1.57.